The molecular formula is C12H15ClF3N3. The molecule has 0 fully saturated rings. The molecule has 0 aliphatic heterocycles. The summed E-state index contributed by atoms with van der Waals surface area (Å²) in [4.78, 5) is 1.54. The van der Waals surface area contributed by atoms with Gasteiger partial charge in [0, 0.05) is 23.7 Å². The minimum atomic E-state index is -4.16. The summed E-state index contributed by atoms with van der Waals surface area (Å²) in [7, 11) is 1.60. The van der Waals surface area contributed by atoms with Crippen molar-refractivity contribution in [2.75, 3.05) is 13.6 Å². The Hall–Kier alpha value is -1.27. The minimum Gasteiger partial charge on any atom is -0.384 e. The van der Waals surface area contributed by atoms with Crippen LogP contribution in [-0.4, -0.2) is 30.5 Å². The van der Waals surface area contributed by atoms with E-state index in [0.29, 0.717) is 22.7 Å². The molecule has 0 atom stereocenters. The van der Waals surface area contributed by atoms with E-state index in [9.17, 15) is 13.2 Å². The van der Waals surface area contributed by atoms with Gasteiger partial charge in [0.2, 0.25) is 0 Å². The van der Waals surface area contributed by atoms with E-state index in [2.05, 4.69) is 0 Å². The van der Waals surface area contributed by atoms with Gasteiger partial charge in [-0.15, -0.1) is 0 Å². The lowest BCUT2D eigenvalue weighted by molar-refractivity contribution is -0.137. The number of hydrogen-bond acceptors (Lipinski definition) is 2. The van der Waals surface area contributed by atoms with E-state index in [1.165, 1.54) is 6.07 Å². The molecule has 0 unspecified atom stereocenters. The van der Waals surface area contributed by atoms with E-state index >= 15 is 0 Å². The first kappa shape index (κ1) is 15.8. The Morgan fingerprint density at radius 3 is 2.53 bits per heavy atom. The summed E-state index contributed by atoms with van der Waals surface area (Å²) in [6.45, 7) is 0.224. The van der Waals surface area contributed by atoms with Gasteiger partial charge in [-0.25, -0.2) is 0 Å². The molecule has 1 aromatic carbocycles. The van der Waals surface area contributed by atoms with Crippen molar-refractivity contribution in [3.63, 3.8) is 0 Å². The standard InChI is InChI=1S/C12H15ClF3N3/c1-19(5-4-12(14,15)16)7-9-3-2-8(11(17)18)6-10(9)13/h2-3,6H,4-5,7H2,1H3,(H3,17,18). The third-order valence-corrected chi connectivity index (χ3v) is 2.93. The molecule has 0 aliphatic carbocycles. The van der Waals surface area contributed by atoms with Gasteiger partial charge in [0.05, 0.1) is 6.42 Å². The number of halogens is 4. The van der Waals surface area contributed by atoms with Gasteiger partial charge < -0.3 is 10.6 Å². The fourth-order valence-corrected chi connectivity index (χ4v) is 1.77. The number of rotatable bonds is 5. The van der Waals surface area contributed by atoms with Crippen molar-refractivity contribution in [2.24, 2.45) is 5.73 Å². The van der Waals surface area contributed by atoms with Crippen LogP contribution in [0.3, 0.4) is 0 Å². The van der Waals surface area contributed by atoms with Crippen molar-refractivity contribution < 1.29 is 13.2 Å². The number of nitrogen functional groups attached to an aromatic ring is 1. The smallest absolute Gasteiger partial charge is 0.384 e. The first-order valence-corrected chi connectivity index (χ1v) is 5.95. The summed E-state index contributed by atoms with van der Waals surface area (Å²) >= 11 is 6.01. The van der Waals surface area contributed by atoms with Gasteiger partial charge in [-0.05, 0) is 18.7 Å². The predicted octanol–water partition coefficient (Wildman–Crippen LogP) is 3.01. The molecule has 106 valence electrons. The van der Waals surface area contributed by atoms with Crippen LogP contribution < -0.4 is 5.73 Å². The van der Waals surface area contributed by atoms with Crippen molar-refractivity contribution in [1.82, 2.24) is 4.90 Å². The lowest BCUT2D eigenvalue weighted by Gasteiger charge is -2.18. The second kappa shape index (κ2) is 6.25. The zero-order chi connectivity index (χ0) is 14.6. The van der Waals surface area contributed by atoms with Crippen LogP contribution in [0.4, 0.5) is 13.2 Å². The maximum atomic E-state index is 12.1. The summed E-state index contributed by atoms with van der Waals surface area (Å²) in [6.07, 6.45) is -5.01. The fraction of sp³-hybridized carbons (Fsp3) is 0.417. The van der Waals surface area contributed by atoms with Gasteiger partial charge in [-0.1, -0.05) is 23.7 Å². The van der Waals surface area contributed by atoms with Gasteiger partial charge >= 0.3 is 6.18 Å². The van der Waals surface area contributed by atoms with E-state index in [-0.39, 0.29) is 12.4 Å². The molecule has 7 heteroatoms. The highest BCUT2D eigenvalue weighted by atomic mass is 35.5. The minimum absolute atomic E-state index is 0.0890. The Labute approximate surface area is 114 Å². The van der Waals surface area contributed by atoms with E-state index in [0.717, 1.165) is 0 Å². The van der Waals surface area contributed by atoms with Crippen LogP contribution in [0, 0.1) is 5.41 Å². The van der Waals surface area contributed by atoms with Crippen LogP contribution in [0.5, 0.6) is 0 Å². The van der Waals surface area contributed by atoms with Crippen LogP contribution in [-0.2, 0) is 6.54 Å². The lowest BCUT2D eigenvalue weighted by Crippen LogP contribution is -2.24. The summed E-state index contributed by atoms with van der Waals surface area (Å²) in [5.74, 6) is -0.0983. The first-order valence-electron chi connectivity index (χ1n) is 5.57. The zero-order valence-corrected chi connectivity index (χ0v) is 11.1. The second-order valence-electron chi connectivity index (χ2n) is 4.32. The number of nitrogens with two attached hydrogens (primary N) is 1. The highest BCUT2D eigenvalue weighted by Crippen LogP contribution is 2.22. The van der Waals surface area contributed by atoms with Crippen molar-refractivity contribution in [1.29, 1.82) is 5.41 Å². The molecule has 0 saturated carbocycles. The number of alkyl halides is 3. The largest absolute Gasteiger partial charge is 0.390 e. The molecule has 0 amide bonds. The normalized spacial score (nSPS) is 11.9. The van der Waals surface area contributed by atoms with E-state index in [4.69, 9.17) is 22.7 Å². The van der Waals surface area contributed by atoms with E-state index in [1.54, 1.807) is 24.1 Å². The molecule has 0 radical (unpaired) electrons. The molecule has 19 heavy (non-hydrogen) atoms. The number of benzene rings is 1. The Kier molecular flexibility index (Phi) is 5.20. The molecule has 1 aromatic rings. The van der Waals surface area contributed by atoms with Crippen LogP contribution in [0.15, 0.2) is 18.2 Å². The first-order chi connectivity index (χ1) is 8.69. The quantitative estimate of drug-likeness (QED) is 0.648. The highest BCUT2D eigenvalue weighted by molar-refractivity contribution is 6.31. The van der Waals surface area contributed by atoms with Crippen LogP contribution in [0.1, 0.15) is 17.5 Å². The SMILES string of the molecule is CN(CCC(F)(F)F)Cc1ccc(C(=N)N)cc1Cl. The van der Waals surface area contributed by atoms with Gasteiger partial charge in [0.25, 0.3) is 0 Å². The molecule has 0 spiro atoms. The molecule has 0 heterocycles. The van der Waals surface area contributed by atoms with Crippen LogP contribution in [0.25, 0.3) is 0 Å². The molecule has 3 N–H and O–H groups in total. The highest BCUT2D eigenvalue weighted by Gasteiger charge is 2.27. The zero-order valence-electron chi connectivity index (χ0n) is 10.4. The van der Waals surface area contributed by atoms with Gasteiger partial charge in [-0.3, -0.25) is 5.41 Å². The fourth-order valence-electron chi connectivity index (χ4n) is 1.53. The van der Waals surface area contributed by atoms with E-state index in [1.807, 2.05) is 0 Å². The van der Waals surface area contributed by atoms with Crippen molar-refractivity contribution >= 4 is 17.4 Å². The number of nitrogens with zero attached hydrogens (tertiary/aromatic N) is 1. The van der Waals surface area contributed by atoms with Crippen molar-refractivity contribution in [3.8, 4) is 0 Å². The number of hydrogen-bond donors (Lipinski definition) is 2. The molecule has 0 aromatic heterocycles. The van der Waals surface area contributed by atoms with E-state index < -0.39 is 12.6 Å². The topological polar surface area (TPSA) is 53.1 Å². The molecule has 1 rings (SSSR count). The third-order valence-electron chi connectivity index (χ3n) is 2.58. The maximum Gasteiger partial charge on any atom is 0.390 e. The average Bonchev–Trinajstić information content (AvgIpc) is 2.28. The molecule has 0 aliphatic rings. The Morgan fingerprint density at radius 1 is 1.42 bits per heavy atom. The second-order valence-corrected chi connectivity index (χ2v) is 4.73. The van der Waals surface area contributed by atoms with Crippen molar-refractivity contribution in [2.45, 2.75) is 19.1 Å². The van der Waals surface area contributed by atoms with Crippen molar-refractivity contribution in [3.05, 3.63) is 34.3 Å². The Bertz CT molecular complexity index is 460. The molecule has 0 bridgehead atoms. The van der Waals surface area contributed by atoms with Crippen LogP contribution in [0.2, 0.25) is 5.02 Å². The maximum absolute atomic E-state index is 12.1. The monoisotopic (exact) mass is 293 g/mol. The molecular weight excluding hydrogens is 279 g/mol. The van der Waals surface area contributed by atoms with Gasteiger partial charge in [-0.2, -0.15) is 13.2 Å². The summed E-state index contributed by atoms with van der Waals surface area (Å²) in [5.41, 5.74) is 6.52. The Balaban J connectivity index is 2.64. The molecule has 0 saturated heterocycles. The number of nitrogens with one attached hydrogen (secondary N) is 1. The Morgan fingerprint density at radius 2 is 2.05 bits per heavy atom. The average molecular weight is 294 g/mol. The van der Waals surface area contributed by atoms with Gasteiger partial charge in [0.15, 0.2) is 0 Å². The van der Waals surface area contributed by atoms with Gasteiger partial charge in [0.1, 0.15) is 5.84 Å². The summed E-state index contributed by atoms with van der Waals surface area (Å²) in [5, 5.41) is 7.66. The third kappa shape index (κ3) is 5.48. The predicted molar refractivity (Wildman–Crippen MR) is 69.5 cm³/mol. The summed E-state index contributed by atoms with van der Waals surface area (Å²) in [6, 6.07) is 4.83. The number of amidine groups is 1. The summed E-state index contributed by atoms with van der Waals surface area (Å²) < 4.78 is 36.3. The molecule has 3 nitrogen and oxygen atoms in total. The lowest BCUT2D eigenvalue weighted by atomic mass is 10.1. The van der Waals surface area contributed by atoms with Crippen LogP contribution >= 0.6 is 11.6 Å².